The summed E-state index contributed by atoms with van der Waals surface area (Å²) in [5.74, 6) is -0.284. The summed E-state index contributed by atoms with van der Waals surface area (Å²) in [6.45, 7) is 1.82. The maximum Gasteiger partial charge on any atom is 0.257 e. The third-order valence-electron chi connectivity index (χ3n) is 2.44. The van der Waals surface area contributed by atoms with Gasteiger partial charge in [-0.05, 0) is 25.1 Å². The van der Waals surface area contributed by atoms with Crippen LogP contribution in [-0.4, -0.2) is 15.7 Å². The Kier molecular flexibility index (Phi) is 3.59. The van der Waals surface area contributed by atoms with E-state index in [-0.39, 0.29) is 5.91 Å². The van der Waals surface area contributed by atoms with Gasteiger partial charge in [0.2, 0.25) is 0 Å². The molecule has 1 aromatic carbocycles. The smallest absolute Gasteiger partial charge is 0.257 e. The van der Waals surface area contributed by atoms with Gasteiger partial charge in [-0.1, -0.05) is 23.2 Å². The average Bonchev–Trinajstić information content (AvgIpc) is 2.57. The number of benzene rings is 1. The minimum Gasteiger partial charge on any atom is -0.319 e. The van der Waals surface area contributed by atoms with Crippen LogP contribution in [0.2, 0.25) is 10.0 Å². The maximum absolute atomic E-state index is 12.0. The van der Waals surface area contributed by atoms with Gasteiger partial charge in [-0.25, -0.2) is 0 Å². The Bertz CT molecular complexity index is 607. The average molecular weight is 284 g/mol. The fourth-order valence-electron chi connectivity index (χ4n) is 1.59. The molecule has 0 fully saturated rings. The number of hydrogen-bond donors (Lipinski definition) is 1. The third-order valence-corrected chi connectivity index (χ3v) is 2.99. The number of halogens is 2. The fraction of sp³-hybridized carbons (Fsp3) is 0.167. The molecule has 0 aliphatic carbocycles. The lowest BCUT2D eigenvalue weighted by molar-refractivity contribution is 0.102. The minimum atomic E-state index is -0.284. The van der Waals surface area contributed by atoms with Crippen molar-refractivity contribution in [3.8, 4) is 0 Å². The van der Waals surface area contributed by atoms with Crippen molar-refractivity contribution in [2.24, 2.45) is 7.05 Å². The van der Waals surface area contributed by atoms with Crippen molar-refractivity contribution in [2.75, 3.05) is 5.32 Å². The number of aryl methyl sites for hydroxylation is 2. The SMILES string of the molecule is Cc1nn(C)cc1NC(=O)c1ccc(Cl)cc1Cl. The highest BCUT2D eigenvalue weighted by Crippen LogP contribution is 2.22. The van der Waals surface area contributed by atoms with Gasteiger partial charge in [0, 0.05) is 18.3 Å². The summed E-state index contributed by atoms with van der Waals surface area (Å²) in [4.78, 5) is 12.0. The van der Waals surface area contributed by atoms with Crippen molar-refractivity contribution in [2.45, 2.75) is 6.92 Å². The lowest BCUT2D eigenvalue weighted by Gasteiger charge is -2.05. The standard InChI is InChI=1S/C12H11Cl2N3O/c1-7-11(6-17(2)16-7)15-12(18)9-4-3-8(13)5-10(9)14/h3-6H,1-2H3,(H,15,18). The summed E-state index contributed by atoms with van der Waals surface area (Å²) in [7, 11) is 1.79. The van der Waals surface area contributed by atoms with Gasteiger partial charge in [-0.2, -0.15) is 5.10 Å². The first kappa shape index (κ1) is 12.9. The van der Waals surface area contributed by atoms with Crippen LogP contribution in [0, 0.1) is 6.92 Å². The number of carbonyl (C=O) groups excluding carboxylic acids is 1. The number of amides is 1. The Labute approximate surface area is 115 Å². The Morgan fingerprint density at radius 2 is 2.11 bits per heavy atom. The van der Waals surface area contributed by atoms with Crippen LogP contribution in [0.1, 0.15) is 16.1 Å². The van der Waals surface area contributed by atoms with Gasteiger partial charge < -0.3 is 5.32 Å². The number of carbonyl (C=O) groups is 1. The topological polar surface area (TPSA) is 46.9 Å². The van der Waals surface area contributed by atoms with Crippen LogP contribution in [0.4, 0.5) is 5.69 Å². The van der Waals surface area contributed by atoms with Gasteiger partial charge >= 0.3 is 0 Å². The molecule has 1 heterocycles. The van der Waals surface area contributed by atoms with E-state index in [1.807, 2.05) is 6.92 Å². The van der Waals surface area contributed by atoms with Gasteiger partial charge in [0.05, 0.1) is 22.0 Å². The predicted molar refractivity (Wildman–Crippen MR) is 72.4 cm³/mol. The van der Waals surface area contributed by atoms with E-state index in [9.17, 15) is 4.79 Å². The highest BCUT2D eigenvalue weighted by Gasteiger charge is 2.13. The second-order valence-electron chi connectivity index (χ2n) is 3.88. The molecule has 0 spiro atoms. The molecule has 1 amide bonds. The van der Waals surface area contributed by atoms with Gasteiger partial charge in [0.25, 0.3) is 5.91 Å². The minimum absolute atomic E-state index is 0.284. The van der Waals surface area contributed by atoms with Gasteiger partial charge in [-0.15, -0.1) is 0 Å². The first-order valence-electron chi connectivity index (χ1n) is 5.24. The van der Waals surface area contributed by atoms with Gasteiger partial charge in [0.15, 0.2) is 0 Å². The molecule has 94 valence electrons. The molecule has 0 aliphatic rings. The first-order chi connectivity index (χ1) is 8.47. The molecule has 0 aliphatic heterocycles. The molecular formula is C12H11Cl2N3O. The van der Waals surface area contributed by atoms with E-state index >= 15 is 0 Å². The summed E-state index contributed by atoms with van der Waals surface area (Å²) in [6.07, 6.45) is 1.73. The zero-order valence-electron chi connectivity index (χ0n) is 9.87. The molecule has 0 radical (unpaired) electrons. The molecule has 0 unspecified atom stereocenters. The Morgan fingerprint density at radius 3 is 2.67 bits per heavy atom. The first-order valence-corrected chi connectivity index (χ1v) is 5.99. The number of anilines is 1. The second-order valence-corrected chi connectivity index (χ2v) is 4.72. The molecule has 0 saturated carbocycles. The van der Waals surface area contributed by atoms with Gasteiger partial charge in [0.1, 0.15) is 0 Å². The van der Waals surface area contributed by atoms with Crippen molar-refractivity contribution < 1.29 is 4.79 Å². The lowest BCUT2D eigenvalue weighted by Crippen LogP contribution is -2.12. The van der Waals surface area contributed by atoms with Crippen LogP contribution >= 0.6 is 23.2 Å². The largest absolute Gasteiger partial charge is 0.319 e. The number of aromatic nitrogens is 2. The zero-order valence-corrected chi connectivity index (χ0v) is 11.4. The van der Waals surface area contributed by atoms with Crippen LogP contribution in [0.15, 0.2) is 24.4 Å². The van der Waals surface area contributed by atoms with Crippen molar-refractivity contribution in [3.05, 3.63) is 45.7 Å². The molecule has 0 atom stereocenters. The van der Waals surface area contributed by atoms with E-state index in [1.165, 1.54) is 6.07 Å². The fourth-order valence-corrected chi connectivity index (χ4v) is 2.08. The summed E-state index contributed by atoms with van der Waals surface area (Å²) in [5, 5.41) is 7.72. The number of nitrogens with one attached hydrogen (secondary N) is 1. The summed E-state index contributed by atoms with van der Waals surface area (Å²) in [6, 6.07) is 4.75. The molecule has 18 heavy (non-hydrogen) atoms. The van der Waals surface area contributed by atoms with E-state index in [0.29, 0.717) is 21.3 Å². The van der Waals surface area contributed by atoms with Crippen molar-refractivity contribution in [1.82, 2.24) is 9.78 Å². The van der Waals surface area contributed by atoms with E-state index in [4.69, 9.17) is 23.2 Å². The van der Waals surface area contributed by atoms with Crippen molar-refractivity contribution in [1.29, 1.82) is 0 Å². The lowest BCUT2D eigenvalue weighted by atomic mass is 10.2. The van der Waals surface area contributed by atoms with E-state index in [0.717, 1.165) is 5.69 Å². The van der Waals surface area contributed by atoms with Crippen molar-refractivity contribution >= 4 is 34.8 Å². The van der Waals surface area contributed by atoms with Crippen LogP contribution in [-0.2, 0) is 7.05 Å². The normalized spacial score (nSPS) is 10.4. The number of hydrogen-bond acceptors (Lipinski definition) is 2. The molecule has 2 aromatic rings. The molecule has 1 aromatic heterocycles. The highest BCUT2D eigenvalue weighted by molar-refractivity contribution is 6.37. The van der Waals surface area contributed by atoms with E-state index in [1.54, 1.807) is 30.1 Å². The highest BCUT2D eigenvalue weighted by atomic mass is 35.5. The zero-order chi connectivity index (χ0) is 13.3. The Morgan fingerprint density at radius 1 is 1.39 bits per heavy atom. The Balaban J connectivity index is 2.24. The Hall–Kier alpha value is -1.52. The second kappa shape index (κ2) is 5.00. The van der Waals surface area contributed by atoms with Crippen LogP contribution in [0.25, 0.3) is 0 Å². The summed E-state index contributed by atoms with van der Waals surface area (Å²) in [5.41, 5.74) is 1.79. The summed E-state index contributed by atoms with van der Waals surface area (Å²) < 4.78 is 1.63. The molecule has 4 nitrogen and oxygen atoms in total. The predicted octanol–water partition coefficient (Wildman–Crippen LogP) is 3.29. The number of rotatable bonds is 2. The maximum atomic E-state index is 12.0. The molecule has 2 rings (SSSR count). The quantitative estimate of drug-likeness (QED) is 0.919. The molecule has 0 bridgehead atoms. The van der Waals surface area contributed by atoms with Crippen LogP contribution in [0.3, 0.4) is 0 Å². The number of nitrogens with zero attached hydrogens (tertiary/aromatic N) is 2. The van der Waals surface area contributed by atoms with Crippen molar-refractivity contribution in [3.63, 3.8) is 0 Å². The summed E-state index contributed by atoms with van der Waals surface area (Å²) >= 11 is 11.8. The van der Waals surface area contributed by atoms with Gasteiger partial charge in [-0.3, -0.25) is 9.48 Å². The van der Waals surface area contributed by atoms with Crippen LogP contribution < -0.4 is 5.32 Å². The molecule has 1 N–H and O–H groups in total. The van der Waals surface area contributed by atoms with E-state index < -0.39 is 0 Å². The third kappa shape index (κ3) is 2.66. The molecular weight excluding hydrogens is 273 g/mol. The molecule has 6 heteroatoms. The van der Waals surface area contributed by atoms with E-state index in [2.05, 4.69) is 10.4 Å². The van der Waals surface area contributed by atoms with Crippen LogP contribution in [0.5, 0.6) is 0 Å². The molecule has 0 saturated heterocycles. The monoisotopic (exact) mass is 283 g/mol.